The number of ether oxygens (including phenoxy) is 1. The van der Waals surface area contributed by atoms with Crippen LogP contribution in [0.3, 0.4) is 0 Å². The van der Waals surface area contributed by atoms with E-state index < -0.39 is 11.6 Å². The lowest BCUT2D eigenvalue weighted by molar-refractivity contribution is 0.401. The first kappa shape index (κ1) is 15.2. The highest BCUT2D eigenvalue weighted by atomic mass is 19.2. The van der Waals surface area contributed by atoms with Crippen molar-refractivity contribution in [2.45, 2.75) is 26.7 Å². The van der Waals surface area contributed by atoms with Crippen LogP contribution in [-0.2, 0) is 6.42 Å². The average molecular weight is 293 g/mol. The average Bonchev–Trinajstić information content (AvgIpc) is 2.47. The molecule has 4 nitrogen and oxygen atoms in total. The molecule has 2 aromatic rings. The van der Waals surface area contributed by atoms with Crippen molar-refractivity contribution in [1.82, 2.24) is 9.97 Å². The van der Waals surface area contributed by atoms with Gasteiger partial charge in [-0.2, -0.15) is 4.39 Å². The van der Waals surface area contributed by atoms with Crippen LogP contribution in [0.4, 0.5) is 14.6 Å². The molecule has 0 aliphatic heterocycles. The fourth-order valence-corrected chi connectivity index (χ4v) is 1.95. The lowest BCUT2D eigenvalue weighted by Crippen LogP contribution is -2.06. The number of nitrogens with zero attached hydrogens (tertiary/aromatic N) is 2. The predicted octanol–water partition coefficient (Wildman–Crippen LogP) is 3.93. The van der Waals surface area contributed by atoms with Crippen LogP contribution in [-0.4, -0.2) is 16.5 Å². The second-order valence-electron chi connectivity index (χ2n) is 4.44. The van der Waals surface area contributed by atoms with Gasteiger partial charge in [-0.25, -0.2) is 14.4 Å². The van der Waals surface area contributed by atoms with Crippen LogP contribution in [0, 0.1) is 11.6 Å². The van der Waals surface area contributed by atoms with E-state index in [1.165, 1.54) is 18.5 Å². The fraction of sp³-hybridized carbons (Fsp3) is 0.333. The maximum atomic E-state index is 13.7. The largest absolute Gasteiger partial charge is 0.435 e. The molecule has 0 fully saturated rings. The van der Waals surface area contributed by atoms with Gasteiger partial charge >= 0.3 is 0 Å². The van der Waals surface area contributed by atoms with Gasteiger partial charge in [0.05, 0.1) is 5.56 Å². The first-order chi connectivity index (χ1) is 10.2. The zero-order valence-corrected chi connectivity index (χ0v) is 12.0. The summed E-state index contributed by atoms with van der Waals surface area (Å²) in [5.41, 5.74) is 0.755. The number of halogens is 2. The molecule has 0 spiro atoms. The Bertz CT molecular complexity index is 620. The third-order valence-electron chi connectivity index (χ3n) is 2.87. The van der Waals surface area contributed by atoms with Crippen LogP contribution in [0.25, 0.3) is 0 Å². The number of anilines is 1. The molecule has 0 amide bonds. The quantitative estimate of drug-likeness (QED) is 0.876. The number of nitrogens with one attached hydrogen (secondary N) is 1. The molecule has 1 aromatic carbocycles. The Morgan fingerprint density at radius 2 is 2.00 bits per heavy atom. The van der Waals surface area contributed by atoms with Gasteiger partial charge in [-0.15, -0.1) is 0 Å². The molecule has 1 aromatic heterocycles. The Morgan fingerprint density at radius 1 is 1.19 bits per heavy atom. The highest BCUT2D eigenvalue weighted by Crippen LogP contribution is 2.30. The maximum Gasteiger partial charge on any atom is 0.227 e. The highest BCUT2D eigenvalue weighted by molar-refractivity contribution is 5.49. The highest BCUT2D eigenvalue weighted by Gasteiger charge is 2.15. The molecule has 2 rings (SSSR count). The van der Waals surface area contributed by atoms with Crippen molar-refractivity contribution >= 4 is 5.82 Å². The minimum Gasteiger partial charge on any atom is -0.435 e. The Morgan fingerprint density at radius 3 is 2.71 bits per heavy atom. The lowest BCUT2D eigenvalue weighted by atomic mass is 10.1. The van der Waals surface area contributed by atoms with Crippen LogP contribution in [0.2, 0.25) is 0 Å². The summed E-state index contributed by atoms with van der Waals surface area (Å²) in [4.78, 5) is 8.20. The molecule has 0 atom stereocenters. The molecule has 0 saturated heterocycles. The summed E-state index contributed by atoms with van der Waals surface area (Å²) in [6.07, 6.45) is 2.87. The maximum absolute atomic E-state index is 13.7. The molecule has 1 N–H and O–H groups in total. The molecule has 0 aliphatic rings. The standard InChI is InChI=1S/C15H17F2N3O/c1-3-6-10-14(18-4-2)19-9-20-15(10)21-12-8-5-7-11(16)13(12)17/h5,7-9H,3-4,6H2,1-2H3,(H,18,19,20). The van der Waals surface area contributed by atoms with E-state index in [9.17, 15) is 8.78 Å². The Balaban J connectivity index is 2.38. The van der Waals surface area contributed by atoms with Crippen LogP contribution < -0.4 is 10.1 Å². The van der Waals surface area contributed by atoms with E-state index in [0.717, 1.165) is 18.1 Å². The minimum absolute atomic E-state index is 0.187. The number of benzene rings is 1. The number of rotatable bonds is 6. The molecular weight excluding hydrogens is 276 g/mol. The zero-order valence-electron chi connectivity index (χ0n) is 12.0. The van der Waals surface area contributed by atoms with Crippen molar-refractivity contribution in [3.63, 3.8) is 0 Å². The van der Waals surface area contributed by atoms with Gasteiger partial charge in [-0.05, 0) is 25.5 Å². The van der Waals surface area contributed by atoms with E-state index in [4.69, 9.17) is 4.74 Å². The molecular formula is C15H17F2N3O. The third kappa shape index (κ3) is 3.45. The number of hydrogen-bond acceptors (Lipinski definition) is 4. The van der Waals surface area contributed by atoms with Crippen molar-refractivity contribution in [2.24, 2.45) is 0 Å². The van der Waals surface area contributed by atoms with Crippen LogP contribution in [0.15, 0.2) is 24.5 Å². The van der Waals surface area contributed by atoms with Gasteiger partial charge in [-0.3, -0.25) is 0 Å². The normalized spacial score (nSPS) is 10.5. The fourth-order valence-electron chi connectivity index (χ4n) is 1.95. The van der Waals surface area contributed by atoms with Crippen LogP contribution in [0.5, 0.6) is 11.6 Å². The van der Waals surface area contributed by atoms with Gasteiger partial charge in [0.15, 0.2) is 11.6 Å². The SMILES string of the molecule is CCCc1c(NCC)ncnc1Oc1cccc(F)c1F. The molecule has 112 valence electrons. The molecule has 0 aliphatic carbocycles. The molecule has 0 unspecified atom stereocenters. The summed E-state index contributed by atoms with van der Waals surface area (Å²) < 4.78 is 32.4. The van der Waals surface area contributed by atoms with Gasteiger partial charge in [-0.1, -0.05) is 19.4 Å². The Kier molecular flexibility index (Phi) is 5.03. The van der Waals surface area contributed by atoms with Crippen LogP contribution >= 0.6 is 0 Å². The third-order valence-corrected chi connectivity index (χ3v) is 2.87. The van der Waals surface area contributed by atoms with Crippen molar-refractivity contribution < 1.29 is 13.5 Å². The van der Waals surface area contributed by atoms with E-state index in [1.807, 2.05) is 13.8 Å². The monoisotopic (exact) mass is 293 g/mol. The summed E-state index contributed by atoms with van der Waals surface area (Å²) >= 11 is 0. The van der Waals surface area contributed by atoms with Gasteiger partial charge in [0.1, 0.15) is 12.1 Å². The summed E-state index contributed by atoms with van der Waals surface area (Å²) in [5, 5.41) is 3.11. The summed E-state index contributed by atoms with van der Waals surface area (Å²) in [6.45, 7) is 4.65. The first-order valence-electron chi connectivity index (χ1n) is 6.87. The van der Waals surface area contributed by atoms with E-state index in [1.54, 1.807) is 0 Å². The number of hydrogen-bond donors (Lipinski definition) is 1. The Hall–Kier alpha value is -2.24. The molecule has 1 heterocycles. The molecule has 6 heteroatoms. The lowest BCUT2D eigenvalue weighted by Gasteiger charge is -2.13. The zero-order chi connectivity index (χ0) is 15.2. The first-order valence-corrected chi connectivity index (χ1v) is 6.87. The second kappa shape index (κ2) is 6.97. The summed E-state index contributed by atoms with van der Waals surface area (Å²) in [7, 11) is 0. The smallest absolute Gasteiger partial charge is 0.227 e. The molecule has 0 bridgehead atoms. The van der Waals surface area contributed by atoms with E-state index >= 15 is 0 Å². The molecule has 21 heavy (non-hydrogen) atoms. The van der Waals surface area contributed by atoms with E-state index in [2.05, 4.69) is 15.3 Å². The van der Waals surface area contributed by atoms with Gasteiger partial charge < -0.3 is 10.1 Å². The van der Waals surface area contributed by atoms with Crippen molar-refractivity contribution in [2.75, 3.05) is 11.9 Å². The predicted molar refractivity (Wildman–Crippen MR) is 76.6 cm³/mol. The van der Waals surface area contributed by atoms with E-state index in [0.29, 0.717) is 18.8 Å². The van der Waals surface area contributed by atoms with Crippen molar-refractivity contribution in [3.05, 3.63) is 41.7 Å². The second-order valence-corrected chi connectivity index (χ2v) is 4.44. The Labute approximate surface area is 122 Å². The van der Waals surface area contributed by atoms with Gasteiger partial charge in [0.2, 0.25) is 11.7 Å². The summed E-state index contributed by atoms with van der Waals surface area (Å²) in [6, 6.07) is 3.79. The topological polar surface area (TPSA) is 47.0 Å². The van der Waals surface area contributed by atoms with Crippen LogP contribution in [0.1, 0.15) is 25.8 Å². The van der Waals surface area contributed by atoms with Gasteiger partial charge in [0.25, 0.3) is 0 Å². The summed E-state index contributed by atoms with van der Waals surface area (Å²) in [5.74, 6) is -1.27. The van der Waals surface area contributed by atoms with Crippen molar-refractivity contribution in [3.8, 4) is 11.6 Å². The molecule has 0 radical (unpaired) electrons. The minimum atomic E-state index is -1.02. The molecule has 0 saturated carbocycles. The van der Waals surface area contributed by atoms with Gasteiger partial charge in [0, 0.05) is 6.54 Å². The van der Waals surface area contributed by atoms with E-state index in [-0.39, 0.29) is 11.6 Å². The number of aromatic nitrogens is 2. The van der Waals surface area contributed by atoms with Crippen molar-refractivity contribution in [1.29, 1.82) is 0 Å².